The molecule has 3 atom stereocenters. The predicted octanol–water partition coefficient (Wildman–Crippen LogP) is 2.97. The molecule has 3 rings (SSSR count). The van der Waals surface area contributed by atoms with Crippen molar-refractivity contribution in [3.63, 3.8) is 0 Å². The van der Waals surface area contributed by atoms with E-state index in [0.717, 1.165) is 25.7 Å². The van der Waals surface area contributed by atoms with Crippen molar-refractivity contribution in [1.82, 2.24) is 0 Å². The van der Waals surface area contributed by atoms with E-state index in [4.69, 9.17) is 9.47 Å². The second-order valence-electron chi connectivity index (χ2n) is 5.54. The third-order valence-electron chi connectivity index (χ3n) is 4.37. The van der Waals surface area contributed by atoms with Crippen LogP contribution in [0.2, 0.25) is 0 Å². The van der Waals surface area contributed by atoms with Crippen molar-refractivity contribution < 1.29 is 19.0 Å². The zero-order chi connectivity index (χ0) is 13.5. The molecule has 3 nitrogen and oxygen atoms in total. The van der Waals surface area contributed by atoms with Gasteiger partial charge < -0.3 is 14.6 Å². The van der Waals surface area contributed by atoms with Gasteiger partial charge in [-0.25, -0.2) is 4.39 Å². The Morgan fingerprint density at radius 2 is 2.26 bits per heavy atom. The summed E-state index contributed by atoms with van der Waals surface area (Å²) in [5, 5.41) is 10.3. The molecule has 0 radical (unpaired) electrons. The molecule has 2 unspecified atom stereocenters. The van der Waals surface area contributed by atoms with Gasteiger partial charge in [-0.2, -0.15) is 0 Å². The first kappa shape index (κ1) is 12.9. The lowest BCUT2D eigenvalue weighted by atomic mass is 9.75. The number of hydrogen-bond acceptors (Lipinski definition) is 3. The molecule has 1 heterocycles. The Hall–Kier alpha value is -1.13. The van der Waals surface area contributed by atoms with Gasteiger partial charge >= 0.3 is 0 Å². The first-order chi connectivity index (χ1) is 9.14. The maximum atomic E-state index is 13.4. The second kappa shape index (κ2) is 4.76. The molecule has 1 aromatic carbocycles. The third-order valence-corrected chi connectivity index (χ3v) is 4.37. The number of rotatable bonds is 1. The lowest BCUT2D eigenvalue weighted by Gasteiger charge is -2.47. The largest absolute Gasteiger partial charge is 0.484 e. The standard InChI is InChI=1S/C15H19FO3/c1-18-14-4-2-3-7-15(14)9-12(17)11-6-5-10(16)8-13(11)19-15/h5-6,8,12,14,17H,2-4,7,9H2,1H3/t12-,14?,15?/m1/s1. The van der Waals surface area contributed by atoms with Crippen LogP contribution in [0.4, 0.5) is 4.39 Å². The topological polar surface area (TPSA) is 38.7 Å². The van der Waals surface area contributed by atoms with Crippen LogP contribution in [0.1, 0.15) is 43.8 Å². The number of fused-ring (bicyclic) bond motifs is 1. The SMILES string of the molecule is COC1CCCCC12C[C@@H](O)c1ccc(F)cc1O2. The molecular formula is C15H19FO3. The van der Waals surface area contributed by atoms with Crippen LogP contribution < -0.4 is 4.74 Å². The summed E-state index contributed by atoms with van der Waals surface area (Å²) in [4.78, 5) is 0. The van der Waals surface area contributed by atoms with E-state index in [1.165, 1.54) is 12.1 Å². The lowest BCUT2D eigenvalue weighted by Crippen LogP contribution is -2.53. The fourth-order valence-corrected chi connectivity index (χ4v) is 3.43. The lowest BCUT2D eigenvalue weighted by molar-refractivity contribution is -0.130. The molecular weight excluding hydrogens is 247 g/mol. The van der Waals surface area contributed by atoms with E-state index in [0.29, 0.717) is 17.7 Å². The molecule has 1 spiro atoms. The van der Waals surface area contributed by atoms with Crippen molar-refractivity contribution in [2.24, 2.45) is 0 Å². The zero-order valence-corrected chi connectivity index (χ0v) is 11.1. The molecule has 1 aromatic rings. The number of aliphatic hydroxyl groups excluding tert-OH is 1. The normalized spacial score (nSPS) is 33.8. The van der Waals surface area contributed by atoms with Crippen molar-refractivity contribution in [3.8, 4) is 5.75 Å². The van der Waals surface area contributed by atoms with Gasteiger partial charge in [-0.3, -0.25) is 0 Å². The van der Waals surface area contributed by atoms with Gasteiger partial charge in [0.15, 0.2) is 0 Å². The Balaban J connectivity index is 1.98. The minimum atomic E-state index is -0.611. The minimum absolute atomic E-state index is 0.0349. The van der Waals surface area contributed by atoms with E-state index < -0.39 is 11.7 Å². The van der Waals surface area contributed by atoms with Crippen LogP contribution in [0.15, 0.2) is 18.2 Å². The van der Waals surface area contributed by atoms with Gasteiger partial charge in [-0.1, -0.05) is 6.42 Å². The number of ether oxygens (including phenoxy) is 2. The number of benzene rings is 1. The Labute approximate surface area is 112 Å². The zero-order valence-electron chi connectivity index (χ0n) is 11.1. The van der Waals surface area contributed by atoms with E-state index in [-0.39, 0.29) is 11.9 Å². The molecule has 19 heavy (non-hydrogen) atoms. The highest BCUT2D eigenvalue weighted by atomic mass is 19.1. The summed E-state index contributed by atoms with van der Waals surface area (Å²) in [5.74, 6) is 0.121. The minimum Gasteiger partial charge on any atom is -0.484 e. The predicted molar refractivity (Wildman–Crippen MR) is 68.6 cm³/mol. The van der Waals surface area contributed by atoms with Gasteiger partial charge in [0.05, 0.1) is 12.2 Å². The van der Waals surface area contributed by atoms with E-state index in [9.17, 15) is 9.50 Å². The third kappa shape index (κ3) is 2.13. The molecule has 104 valence electrons. The van der Waals surface area contributed by atoms with Crippen LogP contribution >= 0.6 is 0 Å². The fraction of sp³-hybridized carbons (Fsp3) is 0.600. The van der Waals surface area contributed by atoms with Crippen molar-refractivity contribution in [2.45, 2.75) is 49.9 Å². The van der Waals surface area contributed by atoms with E-state index in [1.807, 2.05) is 0 Å². The monoisotopic (exact) mass is 266 g/mol. The molecule has 0 aromatic heterocycles. The van der Waals surface area contributed by atoms with Gasteiger partial charge in [0, 0.05) is 25.2 Å². The molecule has 4 heteroatoms. The molecule has 1 N–H and O–H groups in total. The molecule has 1 fully saturated rings. The maximum Gasteiger partial charge on any atom is 0.138 e. The summed E-state index contributed by atoms with van der Waals surface area (Å²) in [6, 6.07) is 4.33. The second-order valence-corrected chi connectivity index (χ2v) is 5.54. The van der Waals surface area contributed by atoms with Crippen molar-refractivity contribution in [1.29, 1.82) is 0 Å². The Morgan fingerprint density at radius 3 is 3.05 bits per heavy atom. The maximum absolute atomic E-state index is 13.4. The molecule has 1 aliphatic carbocycles. The average molecular weight is 266 g/mol. The molecule has 1 aliphatic heterocycles. The van der Waals surface area contributed by atoms with Crippen LogP contribution in [-0.4, -0.2) is 23.9 Å². The summed E-state index contributed by atoms with van der Waals surface area (Å²) < 4.78 is 25.0. The summed E-state index contributed by atoms with van der Waals surface area (Å²) >= 11 is 0. The summed E-state index contributed by atoms with van der Waals surface area (Å²) in [7, 11) is 1.68. The smallest absolute Gasteiger partial charge is 0.138 e. The van der Waals surface area contributed by atoms with Gasteiger partial charge in [0.1, 0.15) is 17.2 Å². The van der Waals surface area contributed by atoms with Crippen molar-refractivity contribution in [3.05, 3.63) is 29.6 Å². The molecule has 1 saturated carbocycles. The van der Waals surface area contributed by atoms with Crippen LogP contribution in [0, 0.1) is 5.82 Å². The quantitative estimate of drug-likeness (QED) is 0.849. The molecule has 0 amide bonds. The van der Waals surface area contributed by atoms with Gasteiger partial charge in [-0.05, 0) is 31.4 Å². The van der Waals surface area contributed by atoms with Gasteiger partial charge in [0.25, 0.3) is 0 Å². The Morgan fingerprint density at radius 1 is 1.42 bits per heavy atom. The van der Waals surface area contributed by atoms with Crippen LogP contribution in [0.3, 0.4) is 0 Å². The number of aliphatic hydroxyl groups is 1. The summed E-state index contributed by atoms with van der Waals surface area (Å²) in [6.07, 6.45) is 3.80. The number of hydrogen-bond donors (Lipinski definition) is 1. The molecule has 0 saturated heterocycles. The Bertz CT molecular complexity index is 476. The molecule has 2 aliphatic rings. The Kier molecular flexibility index (Phi) is 3.23. The highest BCUT2D eigenvalue weighted by Gasteiger charge is 2.48. The van der Waals surface area contributed by atoms with E-state index in [2.05, 4.69) is 0 Å². The van der Waals surface area contributed by atoms with Crippen LogP contribution in [0.5, 0.6) is 5.75 Å². The van der Waals surface area contributed by atoms with Crippen LogP contribution in [0.25, 0.3) is 0 Å². The number of halogens is 1. The summed E-state index contributed by atoms with van der Waals surface area (Å²) in [5.41, 5.74) is 0.167. The van der Waals surface area contributed by atoms with Gasteiger partial charge in [-0.15, -0.1) is 0 Å². The molecule has 0 bridgehead atoms. The summed E-state index contributed by atoms with van der Waals surface area (Å²) in [6.45, 7) is 0. The van der Waals surface area contributed by atoms with Gasteiger partial charge in [0.2, 0.25) is 0 Å². The number of methoxy groups -OCH3 is 1. The first-order valence-corrected chi connectivity index (χ1v) is 6.84. The average Bonchev–Trinajstić information content (AvgIpc) is 2.38. The first-order valence-electron chi connectivity index (χ1n) is 6.84. The van der Waals surface area contributed by atoms with E-state index >= 15 is 0 Å². The van der Waals surface area contributed by atoms with Crippen molar-refractivity contribution >= 4 is 0 Å². The van der Waals surface area contributed by atoms with Crippen LogP contribution in [-0.2, 0) is 4.74 Å². The highest BCUT2D eigenvalue weighted by molar-refractivity contribution is 5.39. The fourth-order valence-electron chi connectivity index (χ4n) is 3.43. The van der Waals surface area contributed by atoms with E-state index in [1.54, 1.807) is 13.2 Å². The highest BCUT2D eigenvalue weighted by Crippen LogP contribution is 2.47. The van der Waals surface area contributed by atoms with Crippen molar-refractivity contribution in [2.75, 3.05) is 7.11 Å².